The van der Waals surface area contributed by atoms with Gasteiger partial charge >= 0.3 is 0 Å². The number of amides is 1. The number of rotatable bonds is 4. The van der Waals surface area contributed by atoms with Crippen LogP contribution >= 0.6 is 0 Å². The monoisotopic (exact) mass is 253 g/mol. The number of hydrogen-bond acceptors (Lipinski definition) is 4. The van der Waals surface area contributed by atoms with Gasteiger partial charge in [0.15, 0.2) is 6.61 Å². The first-order chi connectivity index (χ1) is 9.29. The number of nitriles is 1. The first-order valence-electron chi connectivity index (χ1n) is 5.61. The molecule has 94 valence electrons. The number of ether oxygens (including phenoxy) is 1. The Hall–Kier alpha value is -2.87. The van der Waals surface area contributed by atoms with Crippen LogP contribution in [0.15, 0.2) is 48.8 Å². The molecule has 1 aromatic heterocycles. The summed E-state index contributed by atoms with van der Waals surface area (Å²) in [5, 5.41) is 11.5. The van der Waals surface area contributed by atoms with Crippen LogP contribution < -0.4 is 10.1 Å². The van der Waals surface area contributed by atoms with Crippen LogP contribution in [0.5, 0.6) is 5.75 Å². The molecule has 0 fully saturated rings. The van der Waals surface area contributed by atoms with Crippen molar-refractivity contribution in [1.29, 1.82) is 5.26 Å². The molecule has 1 heterocycles. The molecule has 0 saturated heterocycles. The summed E-state index contributed by atoms with van der Waals surface area (Å²) in [6.07, 6.45) is 3.15. The summed E-state index contributed by atoms with van der Waals surface area (Å²) >= 11 is 0. The summed E-state index contributed by atoms with van der Waals surface area (Å²) in [6, 6.07) is 12.2. The largest absolute Gasteiger partial charge is 0.482 e. The molecular formula is C14H11N3O2. The van der Waals surface area contributed by atoms with Crippen LogP contribution in [0.4, 0.5) is 5.69 Å². The smallest absolute Gasteiger partial charge is 0.262 e. The maximum absolute atomic E-state index is 11.7. The lowest BCUT2D eigenvalue weighted by Gasteiger charge is -2.08. The predicted molar refractivity (Wildman–Crippen MR) is 69.5 cm³/mol. The minimum atomic E-state index is -0.327. The molecule has 0 unspecified atom stereocenters. The standard InChI is InChI=1S/C14H11N3O2/c15-8-11-4-1-2-6-13(11)17-14(18)10-19-12-5-3-7-16-9-12/h1-7,9H,10H2,(H,17,18). The van der Waals surface area contributed by atoms with Crippen molar-refractivity contribution in [1.82, 2.24) is 4.98 Å². The van der Waals surface area contributed by atoms with Gasteiger partial charge in [0.25, 0.3) is 5.91 Å². The van der Waals surface area contributed by atoms with Gasteiger partial charge in [0.2, 0.25) is 0 Å². The zero-order valence-corrected chi connectivity index (χ0v) is 10.0. The molecule has 0 aliphatic carbocycles. The Labute approximate surface area is 110 Å². The number of nitrogens with one attached hydrogen (secondary N) is 1. The third-order valence-electron chi connectivity index (χ3n) is 2.33. The minimum absolute atomic E-state index is 0.133. The number of para-hydroxylation sites is 1. The van der Waals surface area contributed by atoms with Crippen molar-refractivity contribution in [3.8, 4) is 11.8 Å². The number of carbonyl (C=O) groups is 1. The van der Waals surface area contributed by atoms with E-state index in [9.17, 15) is 4.79 Å². The van der Waals surface area contributed by atoms with E-state index in [0.717, 1.165) is 0 Å². The molecule has 0 saturated carbocycles. The second-order valence-electron chi connectivity index (χ2n) is 3.68. The molecule has 0 radical (unpaired) electrons. The second-order valence-corrected chi connectivity index (χ2v) is 3.68. The summed E-state index contributed by atoms with van der Waals surface area (Å²) in [5.74, 6) is 0.192. The highest BCUT2D eigenvalue weighted by atomic mass is 16.5. The highest BCUT2D eigenvalue weighted by Crippen LogP contribution is 2.13. The first kappa shape index (κ1) is 12.6. The van der Waals surface area contributed by atoms with Crippen molar-refractivity contribution >= 4 is 11.6 Å². The van der Waals surface area contributed by atoms with E-state index in [0.29, 0.717) is 17.0 Å². The Balaban J connectivity index is 1.93. The molecule has 5 heteroatoms. The van der Waals surface area contributed by atoms with Gasteiger partial charge in [-0.2, -0.15) is 5.26 Å². The van der Waals surface area contributed by atoms with Gasteiger partial charge in [-0.15, -0.1) is 0 Å². The highest BCUT2D eigenvalue weighted by Gasteiger charge is 2.06. The van der Waals surface area contributed by atoms with Gasteiger partial charge in [0.1, 0.15) is 11.8 Å². The zero-order valence-electron chi connectivity index (χ0n) is 10.0. The number of pyridine rings is 1. The lowest BCUT2D eigenvalue weighted by atomic mass is 10.2. The molecule has 0 spiro atoms. The van der Waals surface area contributed by atoms with Crippen molar-refractivity contribution in [2.45, 2.75) is 0 Å². The number of nitrogens with zero attached hydrogens (tertiary/aromatic N) is 2. The summed E-state index contributed by atoms with van der Waals surface area (Å²) in [5.41, 5.74) is 0.891. The fourth-order valence-corrected chi connectivity index (χ4v) is 1.46. The topological polar surface area (TPSA) is 75.0 Å². The molecular weight excluding hydrogens is 242 g/mol. The summed E-state index contributed by atoms with van der Waals surface area (Å²) in [6.45, 7) is -0.133. The van der Waals surface area contributed by atoms with Crippen LogP contribution in [-0.4, -0.2) is 17.5 Å². The normalized spacial score (nSPS) is 9.42. The van der Waals surface area contributed by atoms with Gasteiger partial charge in [-0.1, -0.05) is 12.1 Å². The van der Waals surface area contributed by atoms with Gasteiger partial charge in [0, 0.05) is 6.20 Å². The number of aromatic nitrogens is 1. The molecule has 0 bridgehead atoms. The van der Waals surface area contributed by atoms with Crippen molar-refractivity contribution in [3.05, 3.63) is 54.4 Å². The van der Waals surface area contributed by atoms with Crippen molar-refractivity contribution in [3.63, 3.8) is 0 Å². The quantitative estimate of drug-likeness (QED) is 0.903. The molecule has 19 heavy (non-hydrogen) atoms. The third kappa shape index (κ3) is 3.54. The Kier molecular flexibility index (Phi) is 4.09. The van der Waals surface area contributed by atoms with Gasteiger partial charge in [0.05, 0.1) is 17.4 Å². The van der Waals surface area contributed by atoms with Crippen LogP contribution in [0, 0.1) is 11.3 Å². The third-order valence-corrected chi connectivity index (χ3v) is 2.33. The van der Waals surface area contributed by atoms with Crippen molar-refractivity contribution < 1.29 is 9.53 Å². The van der Waals surface area contributed by atoms with E-state index in [1.54, 1.807) is 42.6 Å². The molecule has 1 aromatic carbocycles. The molecule has 1 N–H and O–H groups in total. The van der Waals surface area contributed by atoms with Crippen LogP contribution in [0.25, 0.3) is 0 Å². The highest BCUT2D eigenvalue weighted by molar-refractivity contribution is 5.93. The van der Waals surface area contributed by atoms with Gasteiger partial charge in [-0.05, 0) is 24.3 Å². The number of benzene rings is 1. The molecule has 2 aromatic rings. The van der Waals surface area contributed by atoms with Crippen LogP contribution in [0.1, 0.15) is 5.56 Å². The Morgan fingerprint density at radius 2 is 2.16 bits per heavy atom. The molecule has 2 rings (SSSR count). The molecule has 1 amide bonds. The maximum atomic E-state index is 11.7. The number of carbonyl (C=O) groups excluding carboxylic acids is 1. The van der Waals surface area contributed by atoms with E-state index >= 15 is 0 Å². The van der Waals surface area contributed by atoms with Crippen molar-refractivity contribution in [2.75, 3.05) is 11.9 Å². The lowest BCUT2D eigenvalue weighted by Crippen LogP contribution is -2.20. The van der Waals surface area contributed by atoms with E-state index in [4.69, 9.17) is 10.00 Å². The predicted octanol–water partition coefficient (Wildman–Crippen LogP) is 1.97. The maximum Gasteiger partial charge on any atom is 0.262 e. The van der Waals surface area contributed by atoms with Crippen LogP contribution in [-0.2, 0) is 4.79 Å². The van der Waals surface area contributed by atoms with Gasteiger partial charge < -0.3 is 10.1 Å². The lowest BCUT2D eigenvalue weighted by molar-refractivity contribution is -0.118. The Morgan fingerprint density at radius 3 is 2.89 bits per heavy atom. The van der Waals surface area contributed by atoms with E-state index in [2.05, 4.69) is 10.3 Å². The van der Waals surface area contributed by atoms with E-state index in [1.165, 1.54) is 6.20 Å². The van der Waals surface area contributed by atoms with Crippen molar-refractivity contribution in [2.24, 2.45) is 0 Å². The summed E-state index contributed by atoms with van der Waals surface area (Å²) in [7, 11) is 0. The van der Waals surface area contributed by atoms with Gasteiger partial charge in [-0.3, -0.25) is 9.78 Å². The Bertz CT molecular complexity index is 606. The molecule has 0 aliphatic heterocycles. The summed E-state index contributed by atoms with van der Waals surface area (Å²) < 4.78 is 5.26. The van der Waals surface area contributed by atoms with Gasteiger partial charge in [-0.25, -0.2) is 0 Å². The average molecular weight is 253 g/mol. The Morgan fingerprint density at radius 1 is 1.32 bits per heavy atom. The van der Waals surface area contributed by atoms with Crippen LogP contribution in [0.2, 0.25) is 0 Å². The van der Waals surface area contributed by atoms with E-state index in [1.807, 2.05) is 6.07 Å². The minimum Gasteiger partial charge on any atom is -0.482 e. The van der Waals surface area contributed by atoms with E-state index in [-0.39, 0.29) is 12.5 Å². The van der Waals surface area contributed by atoms with E-state index < -0.39 is 0 Å². The average Bonchev–Trinajstić information content (AvgIpc) is 2.47. The SMILES string of the molecule is N#Cc1ccccc1NC(=O)COc1cccnc1. The second kappa shape index (κ2) is 6.17. The fourth-order valence-electron chi connectivity index (χ4n) is 1.46. The van der Waals surface area contributed by atoms with Crippen LogP contribution in [0.3, 0.4) is 0 Å². The molecule has 5 nitrogen and oxygen atoms in total. The molecule has 0 aliphatic rings. The zero-order chi connectivity index (χ0) is 13.5. The fraction of sp³-hybridized carbons (Fsp3) is 0.0714. The summed E-state index contributed by atoms with van der Waals surface area (Å²) in [4.78, 5) is 15.6. The first-order valence-corrected chi connectivity index (χ1v) is 5.61. The number of anilines is 1. The molecule has 0 atom stereocenters. The number of hydrogen-bond donors (Lipinski definition) is 1.